The Morgan fingerprint density at radius 3 is 2.08 bits per heavy atom. The first-order chi connectivity index (χ1) is 12.5. The second kappa shape index (κ2) is 9.07. The molecule has 0 aliphatic carbocycles. The number of hydrogen-bond acceptors (Lipinski definition) is 3. The minimum Gasteiger partial charge on any atom is -0.322 e. The molecular formula is C19H20Cl3N3O. The fourth-order valence-electron chi connectivity index (χ4n) is 2.95. The van der Waals surface area contributed by atoms with Gasteiger partial charge in [0.15, 0.2) is 0 Å². The molecule has 1 fully saturated rings. The minimum absolute atomic E-state index is 0.105. The number of piperazine rings is 1. The van der Waals surface area contributed by atoms with Crippen LogP contribution < -0.4 is 5.32 Å². The maximum absolute atomic E-state index is 12.3. The number of carbonyl (C=O) groups is 1. The van der Waals surface area contributed by atoms with Gasteiger partial charge in [0.1, 0.15) is 0 Å². The highest BCUT2D eigenvalue weighted by molar-refractivity contribution is 6.39. The Bertz CT molecular complexity index is 739. The summed E-state index contributed by atoms with van der Waals surface area (Å²) in [7, 11) is 0. The molecule has 0 bridgehead atoms. The van der Waals surface area contributed by atoms with Gasteiger partial charge in [-0.05, 0) is 29.8 Å². The van der Waals surface area contributed by atoms with Gasteiger partial charge >= 0.3 is 0 Å². The van der Waals surface area contributed by atoms with Crippen molar-refractivity contribution in [2.75, 3.05) is 38.0 Å². The fraction of sp³-hybridized carbons (Fsp3) is 0.316. The van der Waals surface area contributed by atoms with Gasteiger partial charge in [-0.25, -0.2) is 0 Å². The highest BCUT2D eigenvalue weighted by Crippen LogP contribution is 2.29. The summed E-state index contributed by atoms with van der Waals surface area (Å²) in [6, 6.07) is 13.1. The van der Waals surface area contributed by atoms with Gasteiger partial charge in [0, 0.05) is 37.7 Å². The standard InChI is InChI=1S/C19H20Cl3N3O/c20-15-6-4-14(5-7-15)12-24-8-10-25(11-9-24)13-18(26)23-19-16(21)2-1-3-17(19)22/h1-7H,8-13H2,(H,23,26). The van der Waals surface area contributed by atoms with Gasteiger partial charge < -0.3 is 5.32 Å². The quantitative estimate of drug-likeness (QED) is 0.790. The van der Waals surface area contributed by atoms with Crippen LogP contribution >= 0.6 is 34.8 Å². The summed E-state index contributed by atoms with van der Waals surface area (Å²) in [5.41, 5.74) is 1.72. The van der Waals surface area contributed by atoms with E-state index < -0.39 is 0 Å². The van der Waals surface area contributed by atoms with Crippen LogP contribution in [-0.4, -0.2) is 48.4 Å². The van der Waals surface area contributed by atoms with Gasteiger partial charge in [0.25, 0.3) is 0 Å². The molecule has 1 N–H and O–H groups in total. The molecule has 0 saturated carbocycles. The van der Waals surface area contributed by atoms with E-state index in [4.69, 9.17) is 34.8 Å². The molecule has 1 heterocycles. The van der Waals surface area contributed by atoms with E-state index in [0.717, 1.165) is 37.7 Å². The molecule has 7 heteroatoms. The van der Waals surface area contributed by atoms with E-state index in [1.54, 1.807) is 18.2 Å². The summed E-state index contributed by atoms with van der Waals surface area (Å²) < 4.78 is 0. The highest BCUT2D eigenvalue weighted by Gasteiger charge is 2.20. The maximum atomic E-state index is 12.3. The molecular weight excluding hydrogens is 393 g/mol. The predicted octanol–water partition coefficient (Wildman–Crippen LogP) is 4.40. The van der Waals surface area contributed by atoms with Crippen LogP contribution in [0.4, 0.5) is 5.69 Å². The Morgan fingerprint density at radius 1 is 0.885 bits per heavy atom. The molecule has 2 aromatic carbocycles. The lowest BCUT2D eigenvalue weighted by molar-refractivity contribution is -0.117. The van der Waals surface area contributed by atoms with Crippen molar-refractivity contribution in [3.8, 4) is 0 Å². The predicted molar refractivity (Wildman–Crippen MR) is 108 cm³/mol. The number of nitrogens with one attached hydrogen (secondary N) is 1. The summed E-state index contributed by atoms with van der Waals surface area (Å²) in [6.07, 6.45) is 0. The van der Waals surface area contributed by atoms with Gasteiger partial charge in [-0.15, -0.1) is 0 Å². The van der Waals surface area contributed by atoms with E-state index in [-0.39, 0.29) is 5.91 Å². The zero-order valence-electron chi connectivity index (χ0n) is 14.2. The van der Waals surface area contributed by atoms with Crippen LogP contribution in [0, 0.1) is 0 Å². The molecule has 0 unspecified atom stereocenters. The maximum Gasteiger partial charge on any atom is 0.238 e. The molecule has 3 rings (SSSR count). The average molecular weight is 413 g/mol. The molecule has 138 valence electrons. The molecule has 0 atom stereocenters. The number of benzene rings is 2. The van der Waals surface area contributed by atoms with Crippen LogP contribution in [0.15, 0.2) is 42.5 Å². The lowest BCUT2D eigenvalue weighted by Gasteiger charge is -2.34. The third kappa shape index (κ3) is 5.35. The number of carbonyl (C=O) groups excluding carboxylic acids is 1. The van der Waals surface area contributed by atoms with Gasteiger partial charge in [-0.2, -0.15) is 0 Å². The average Bonchev–Trinajstić information content (AvgIpc) is 2.62. The van der Waals surface area contributed by atoms with Crippen LogP contribution in [0.3, 0.4) is 0 Å². The van der Waals surface area contributed by atoms with E-state index >= 15 is 0 Å². The molecule has 1 aliphatic rings. The SMILES string of the molecule is O=C(CN1CCN(Cc2ccc(Cl)cc2)CC1)Nc1c(Cl)cccc1Cl. The summed E-state index contributed by atoms with van der Waals surface area (Å²) >= 11 is 18.1. The number of rotatable bonds is 5. The van der Waals surface area contributed by atoms with Crippen molar-refractivity contribution in [3.63, 3.8) is 0 Å². The smallest absolute Gasteiger partial charge is 0.238 e. The molecule has 1 aliphatic heterocycles. The van der Waals surface area contributed by atoms with Gasteiger partial charge in [0.2, 0.25) is 5.91 Å². The molecule has 4 nitrogen and oxygen atoms in total. The van der Waals surface area contributed by atoms with Crippen molar-refractivity contribution < 1.29 is 4.79 Å². The molecule has 1 amide bonds. The lowest BCUT2D eigenvalue weighted by Crippen LogP contribution is -2.48. The first kappa shape index (κ1) is 19.5. The number of hydrogen-bond donors (Lipinski definition) is 1. The topological polar surface area (TPSA) is 35.6 Å². The number of amides is 1. The molecule has 0 spiro atoms. The van der Waals surface area contributed by atoms with Crippen molar-refractivity contribution in [2.45, 2.75) is 6.54 Å². The first-order valence-electron chi connectivity index (χ1n) is 8.44. The molecule has 0 aromatic heterocycles. The van der Waals surface area contributed by atoms with Crippen LogP contribution in [0.25, 0.3) is 0 Å². The van der Waals surface area contributed by atoms with Crippen molar-refractivity contribution in [2.24, 2.45) is 0 Å². The Balaban J connectivity index is 1.46. The molecule has 1 saturated heterocycles. The first-order valence-corrected chi connectivity index (χ1v) is 9.57. The fourth-order valence-corrected chi connectivity index (χ4v) is 3.57. The van der Waals surface area contributed by atoms with Crippen molar-refractivity contribution >= 4 is 46.4 Å². The van der Waals surface area contributed by atoms with E-state index in [2.05, 4.69) is 27.2 Å². The normalized spacial score (nSPS) is 15.8. The zero-order chi connectivity index (χ0) is 18.5. The number of halogens is 3. The zero-order valence-corrected chi connectivity index (χ0v) is 16.5. The van der Waals surface area contributed by atoms with E-state index in [1.807, 2.05) is 12.1 Å². The van der Waals surface area contributed by atoms with Gasteiger partial charge in [-0.3, -0.25) is 14.6 Å². The second-order valence-corrected chi connectivity index (χ2v) is 7.57. The highest BCUT2D eigenvalue weighted by atomic mass is 35.5. The monoisotopic (exact) mass is 411 g/mol. The Labute approximate surface area is 168 Å². The van der Waals surface area contributed by atoms with Gasteiger partial charge in [0.05, 0.1) is 22.3 Å². The Kier molecular flexibility index (Phi) is 6.79. The Morgan fingerprint density at radius 2 is 1.46 bits per heavy atom. The van der Waals surface area contributed by atoms with Crippen LogP contribution in [0.1, 0.15) is 5.56 Å². The minimum atomic E-state index is -0.105. The number of para-hydroxylation sites is 1. The number of nitrogens with zero attached hydrogens (tertiary/aromatic N) is 2. The van der Waals surface area contributed by atoms with Crippen LogP contribution in [-0.2, 0) is 11.3 Å². The largest absolute Gasteiger partial charge is 0.322 e. The third-order valence-electron chi connectivity index (χ3n) is 4.38. The number of anilines is 1. The summed E-state index contributed by atoms with van der Waals surface area (Å²) in [5.74, 6) is -0.105. The second-order valence-electron chi connectivity index (χ2n) is 6.32. The summed E-state index contributed by atoms with van der Waals surface area (Å²) in [4.78, 5) is 16.8. The van der Waals surface area contributed by atoms with E-state index in [9.17, 15) is 4.79 Å². The molecule has 0 radical (unpaired) electrons. The van der Waals surface area contributed by atoms with Crippen LogP contribution in [0.5, 0.6) is 0 Å². The third-order valence-corrected chi connectivity index (χ3v) is 5.26. The summed E-state index contributed by atoms with van der Waals surface area (Å²) in [5, 5.41) is 4.45. The Hall–Kier alpha value is -1.30. The van der Waals surface area contributed by atoms with Gasteiger partial charge in [-0.1, -0.05) is 53.0 Å². The summed E-state index contributed by atoms with van der Waals surface area (Å²) in [6.45, 7) is 4.75. The van der Waals surface area contributed by atoms with E-state index in [0.29, 0.717) is 22.3 Å². The lowest BCUT2D eigenvalue weighted by atomic mass is 10.2. The van der Waals surface area contributed by atoms with E-state index in [1.165, 1.54) is 5.56 Å². The van der Waals surface area contributed by atoms with Crippen molar-refractivity contribution in [1.82, 2.24) is 9.80 Å². The van der Waals surface area contributed by atoms with Crippen molar-refractivity contribution in [3.05, 3.63) is 63.1 Å². The molecule has 26 heavy (non-hydrogen) atoms. The van der Waals surface area contributed by atoms with Crippen molar-refractivity contribution in [1.29, 1.82) is 0 Å². The van der Waals surface area contributed by atoms with Crippen LogP contribution in [0.2, 0.25) is 15.1 Å². The molecule has 2 aromatic rings.